The van der Waals surface area contributed by atoms with Crippen LogP contribution in [-0.2, 0) is 19.9 Å². The lowest BCUT2D eigenvalue weighted by atomic mass is 10.0. The molecule has 2 aliphatic heterocycles. The molecule has 0 radical (unpaired) electrons. The Kier molecular flexibility index (Phi) is 6.05. The van der Waals surface area contributed by atoms with Gasteiger partial charge in [0.1, 0.15) is 0 Å². The zero-order valence-corrected chi connectivity index (χ0v) is 17.1. The van der Waals surface area contributed by atoms with Crippen molar-refractivity contribution in [2.75, 3.05) is 31.1 Å². The Labute approximate surface area is 161 Å². The SMILES string of the molecule is CC1CCN(S(=O)(=O)c2ccc(C(=O)CNC3CCS(=O)(=O)C3)cc2)CC1. The molecule has 1 aromatic carbocycles. The number of hydrogen-bond acceptors (Lipinski definition) is 6. The summed E-state index contributed by atoms with van der Waals surface area (Å²) in [5.74, 6) is 0.570. The zero-order valence-electron chi connectivity index (χ0n) is 15.4. The summed E-state index contributed by atoms with van der Waals surface area (Å²) in [6.45, 7) is 3.21. The largest absolute Gasteiger partial charge is 0.306 e. The molecule has 1 aromatic rings. The van der Waals surface area contributed by atoms with Crippen molar-refractivity contribution >= 4 is 25.6 Å². The highest BCUT2D eigenvalue weighted by molar-refractivity contribution is 7.91. The molecule has 1 atom stereocenters. The maximum Gasteiger partial charge on any atom is 0.243 e. The normalized spacial score (nSPS) is 24.1. The second-order valence-electron chi connectivity index (χ2n) is 7.52. The van der Waals surface area contributed by atoms with Crippen LogP contribution in [0, 0.1) is 5.92 Å². The fraction of sp³-hybridized carbons (Fsp3) is 0.611. The Morgan fingerprint density at radius 3 is 2.33 bits per heavy atom. The van der Waals surface area contributed by atoms with E-state index in [4.69, 9.17) is 0 Å². The van der Waals surface area contributed by atoms with E-state index in [0.717, 1.165) is 12.8 Å². The van der Waals surface area contributed by atoms with E-state index < -0.39 is 19.9 Å². The Bertz CT molecular complexity index is 886. The first-order chi connectivity index (χ1) is 12.7. The zero-order chi connectivity index (χ0) is 19.7. The summed E-state index contributed by atoms with van der Waals surface area (Å²) in [4.78, 5) is 12.5. The van der Waals surface area contributed by atoms with Crippen LogP contribution in [-0.4, -0.2) is 64.1 Å². The standard InChI is InChI=1S/C18H26N2O5S2/c1-14-6-9-20(10-7-14)27(24,25)17-4-2-15(3-5-17)18(21)12-19-16-8-11-26(22,23)13-16/h2-5,14,16,19H,6-13H2,1H3. The van der Waals surface area contributed by atoms with Gasteiger partial charge < -0.3 is 5.32 Å². The van der Waals surface area contributed by atoms with E-state index in [2.05, 4.69) is 12.2 Å². The number of benzene rings is 1. The Morgan fingerprint density at radius 1 is 1.15 bits per heavy atom. The summed E-state index contributed by atoms with van der Waals surface area (Å²) in [5, 5.41) is 2.98. The van der Waals surface area contributed by atoms with Gasteiger partial charge in [-0.05, 0) is 37.3 Å². The third kappa shape index (κ3) is 4.96. The molecule has 1 unspecified atom stereocenters. The highest BCUT2D eigenvalue weighted by Gasteiger charge is 2.29. The van der Waals surface area contributed by atoms with Crippen LogP contribution in [0.15, 0.2) is 29.2 Å². The number of rotatable bonds is 6. The Hall–Kier alpha value is -1.29. The highest BCUT2D eigenvalue weighted by atomic mass is 32.2. The average molecular weight is 415 g/mol. The fourth-order valence-corrected chi connectivity index (χ4v) is 6.66. The van der Waals surface area contributed by atoms with E-state index in [1.54, 1.807) is 0 Å². The highest BCUT2D eigenvalue weighted by Crippen LogP contribution is 2.23. The molecule has 0 bridgehead atoms. The van der Waals surface area contributed by atoms with Crippen LogP contribution in [0.3, 0.4) is 0 Å². The number of Topliss-reactive ketones (excluding diaryl/α,β-unsaturated/α-hetero) is 1. The minimum atomic E-state index is -3.53. The van der Waals surface area contributed by atoms with Crippen molar-refractivity contribution < 1.29 is 21.6 Å². The van der Waals surface area contributed by atoms with Crippen molar-refractivity contribution in [3.8, 4) is 0 Å². The molecule has 2 aliphatic rings. The third-order valence-corrected chi connectivity index (χ3v) is 9.02. The number of hydrogen-bond donors (Lipinski definition) is 1. The Balaban J connectivity index is 1.60. The number of nitrogens with one attached hydrogen (secondary N) is 1. The van der Waals surface area contributed by atoms with Gasteiger partial charge in [-0.2, -0.15) is 4.31 Å². The first kappa shape index (κ1) is 20.4. The van der Waals surface area contributed by atoms with Gasteiger partial charge >= 0.3 is 0 Å². The van der Waals surface area contributed by atoms with Crippen LogP contribution in [0.4, 0.5) is 0 Å². The van der Waals surface area contributed by atoms with Crippen LogP contribution in [0.5, 0.6) is 0 Å². The van der Waals surface area contributed by atoms with Crippen LogP contribution in [0.1, 0.15) is 36.5 Å². The molecular formula is C18H26N2O5S2. The van der Waals surface area contributed by atoms with Crippen molar-refractivity contribution in [2.24, 2.45) is 5.92 Å². The van der Waals surface area contributed by atoms with E-state index in [1.807, 2.05) is 0 Å². The molecule has 0 aliphatic carbocycles. The monoisotopic (exact) mass is 414 g/mol. The van der Waals surface area contributed by atoms with Gasteiger partial charge in [-0.25, -0.2) is 16.8 Å². The van der Waals surface area contributed by atoms with E-state index in [9.17, 15) is 21.6 Å². The van der Waals surface area contributed by atoms with E-state index in [0.29, 0.717) is 31.0 Å². The number of carbonyl (C=O) groups excluding carboxylic acids is 1. The lowest BCUT2D eigenvalue weighted by molar-refractivity contribution is 0.0988. The minimum absolute atomic E-state index is 0.0380. The van der Waals surface area contributed by atoms with E-state index in [1.165, 1.54) is 28.6 Å². The number of sulfonamides is 1. The summed E-state index contributed by atoms with van der Waals surface area (Å²) in [6, 6.07) is 5.80. The quantitative estimate of drug-likeness (QED) is 0.699. The average Bonchev–Trinajstić information content (AvgIpc) is 2.99. The Morgan fingerprint density at radius 2 is 1.78 bits per heavy atom. The smallest absolute Gasteiger partial charge is 0.243 e. The van der Waals surface area contributed by atoms with Crippen molar-refractivity contribution in [1.82, 2.24) is 9.62 Å². The molecule has 7 nitrogen and oxygen atoms in total. The van der Waals surface area contributed by atoms with Crippen molar-refractivity contribution in [3.63, 3.8) is 0 Å². The summed E-state index contributed by atoms with van der Waals surface area (Å²) >= 11 is 0. The molecule has 2 fully saturated rings. The molecule has 2 heterocycles. The molecule has 0 amide bonds. The molecule has 0 spiro atoms. The molecule has 0 saturated carbocycles. The van der Waals surface area contributed by atoms with Gasteiger partial charge in [0.05, 0.1) is 22.9 Å². The predicted molar refractivity (Wildman–Crippen MR) is 103 cm³/mol. The van der Waals surface area contributed by atoms with Crippen LogP contribution in [0.2, 0.25) is 0 Å². The second-order valence-corrected chi connectivity index (χ2v) is 11.7. The van der Waals surface area contributed by atoms with Crippen LogP contribution in [0.25, 0.3) is 0 Å². The summed E-state index contributed by atoms with van der Waals surface area (Å²) < 4.78 is 49.8. The van der Waals surface area contributed by atoms with Gasteiger partial charge in [0.25, 0.3) is 0 Å². The summed E-state index contributed by atoms with van der Waals surface area (Å²) in [6.07, 6.45) is 2.23. The maximum absolute atomic E-state index is 12.7. The number of nitrogens with zero attached hydrogens (tertiary/aromatic N) is 1. The number of piperidine rings is 1. The first-order valence-corrected chi connectivity index (χ1v) is 12.5. The van der Waals surface area contributed by atoms with Crippen molar-refractivity contribution in [2.45, 2.75) is 37.1 Å². The topological polar surface area (TPSA) is 101 Å². The second kappa shape index (κ2) is 7.98. The van der Waals surface area contributed by atoms with E-state index >= 15 is 0 Å². The molecule has 0 aromatic heterocycles. The molecule has 3 rings (SSSR count). The van der Waals surface area contributed by atoms with Crippen LogP contribution >= 0.6 is 0 Å². The van der Waals surface area contributed by atoms with Crippen molar-refractivity contribution in [1.29, 1.82) is 0 Å². The van der Waals surface area contributed by atoms with Gasteiger partial charge in [-0.15, -0.1) is 0 Å². The van der Waals surface area contributed by atoms with Crippen molar-refractivity contribution in [3.05, 3.63) is 29.8 Å². The summed E-state index contributed by atoms with van der Waals surface area (Å²) in [5.41, 5.74) is 0.412. The van der Waals surface area contributed by atoms with Gasteiger partial charge in [-0.1, -0.05) is 19.1 Å². The number of sulfone groups is 1. The molecule has 9 heteroatoms. The molecule has 1 N–H and O–H groups in total. The lowest BCUT2D eigenvalue weighted by Gasteiger charge is -2.29. The summed E-state index contributed by atoms with van der Waals surface area (Å²) in [7, 11) is -6.52. The number of carbonyl (C=O) groups is 1. The molecule has 27 heavy (non-hydrogen) atoms. The number of ketones is 1. The first-order valence-electron chi connectivity index (χ1n) is 9.24. The maximum atomic E-state index is 12.7. The molecular weight excluding hydrogens is 388 g/mol. The predicted octanol–water partition coefficient (Wildman–Crippen LogP) is 1.07. The van der Waals surface area contributed by atoms with Crippen LogP contribution < -0.4 is 5.32 Å². The minimum Gasteiger partial charge on any atom is -0.306 e. The molecule has 150 valence electrons. The van der Waals surface area contributed by atoms with Gasteiger partial charge in [0.15, 0.2) is 15.6 Å². The molecule has 2 saturated heterocycles. The van der Waals surface area contributed by atoms with Gasteiger partial charge in [0.2, 0.25) is 10.0 Å². The van der Waals surface area contributed by atoms with Gasteiger partial charge in [0, 0.05) is 24.7 Å². The van der Waals surface area contributed by atoms with Gasteiger partial charge in [-0.3, -0.25) is 4.79 Å². The third-order valence-electron chi connectivity index (χ3n) is 5.34. The van der Waals surface area contributed by atoms with E-state index in [-0.39, 0.29) is 34.8 Å². The fourth-order valence-electron chi connectivity index (χ4n) is 3.48. The lowest BCUT2D eigenvalue weighted by Crippen LogP contribution is -2.37.